The molecule has 2 aromatic carbocycles. The highest BCUT2D eigenvalue weighted by Gasteiger charge is 2.12. The molecule has 0 radical (unpaired) electrons. The molecule has 162 valence electrons. The van der Waals surface area contributed by atoms with Crippen LogP contribution in [0.15, 0.2) is 58.1 Å². The number of aliphatic imine (C=N–C) groups is 1. The van der Waals surface area contributed by atoms with Crippen molar-refractivity contribution in [1.29, 1.82) is 0 Å². The van der Waals surface area contributed by atoms with Gasteiger partial charge in [0.05, 0.1) is 12.2 Å². The Balaban J connectivity index is 1.83. The molecule has 0 fully saturated rings. The third kappa shape index (κ3) is 6.24. The first kappa shape index (κ1) is 22.7. The Morgan fingerprint density at radius 1 is 1.23 bits per heavy atom. The smallest absolute Gasteiger partial charge is 0.258 e. The molecule has 31 heavy (non-hydrogen) atoms. The zero-order valence-electron chi connectivity index (χ0n) is 17.7. The lowest BCUT2D eigenvalue weighted by Crippen LogP contribution is -2.36. The maximum absolute atomic E-state index is 13.9. The fourth-order valence-corrected chi connectivity index (χ4v) is 3.35. The third-order valence-electron chi connectivity index (χ3n) is 4.66. The highest BCUT2D eigenvalue weighted by Crippen LogP contribution is 2.16. The summed E-state index contributed by atoms with van der Waals surface area (Å²) in [4.78, 5) is 17.3. The van der Waals surface area contributed by atoms with Crippen molar-refractivity contribution >= 4 is 33.5 Å². The molecular weight excluding hydrogens is 461 g/mol. The molecule has 6 nitrogen and oxygen atoms in total. The topological polar surface area (TPSA) is 71.3 Å². The molecule has 0 unspecified atom stereocenters. The van der Waals surface area contributed by atoms with Crippen LogP contribution in [0.4, 0.5) is 10.1 Å². The number of rotatable bonds is 6. The van der Waals surface area contributed by atoms with Crippen molar-refractivity contribution in [2.75, 3.05) is 5.32 Å². The number of nitrogens with zero attached hydrogens (tertiary/aromatic N) is 3. The molecular formula is C23H25BrFN5O. The SMILES string of the molecule is CCCn1cc(CN=C(NC(=O)c2ccc(C)c(F)c2)Nc2cccc(Br)c2)c(C)n1. The number of halogens is 2. The van der Waals surface area contributed by atoms with E-state index in [0.717, 1.165) is 34.4 Å². The van der Waals surface area contributed by atoms with Gasteiger partial charge in [-0.3, -0.25) is 14.8 Å². The van der Waals surface area contributed by atoms with Crippen LogP contribution in [0, 0.1) is 19.7 Å². The second-order valence-corrected chi connectivity index (χ2v) is 8.14. The van der Waals surface area contributed by atoms with Gasteiger partial charge >= 0.3 is 0 Å². The number of aromatic nitrogens is 2. The summed E-state index contributed by atoms with van der Waals surface area (Å²) >= 11 is 3.44. The highest BCUT2D eigenvalue weighted by atomic mass is 79.9. The molecule has 0 atom stereocenters. The first-order valence-corrected chi connectivity index (χ1v) is 10.8. The van der Waals surface area contributed by atoms with Crippen molar-refractivity contribution < 1.29 is 9.18 Å². The summed E-state index contributed by atoms with van der Waals surface area (Å²) in [5.74, 6) is -0.602. The van der Waals surface area contributed by atoms with E-state index in [4.69, 9.17) is 0 Å². The van der Waals surface area contributed by atoms with Crippen LogP contribution >= 0.6 is 15.9 Å². The first-order valence-electron chi connectivity index (χ1n) is 10.0. The summed E-state index contributed by atoms with van der Waals surface area (Å²) in [5.41, 5.74) is 3.32. The predicted molar refractivity (Wildman–Crippen MR) is 125 cm³/mol. The van der Waals surface area contributed by atoms with E-state index in [9.17, 15) is 9.18 Å². The Hall–Kier alpha value is -3.00. The van der Waals surface area contributed by atoms with E-state index in [0.29, 0.717) is 12.1 Å². The molecule has 1 amide bonds. The van der Waals surface area contributed by atoms with Crippen LogP contribution < -0.4 is 10.6 Å². The average Bonchev–Trinajstić information content (AvgIpc) is 3.07. The number of hydrogen-bond donors (Lipinski definition) is 2. The van der Waals surface area contributed by atoms with Crippen molar-refractivity contribution in [3.8, 4) is 0 Å². The summed E-state index contributed by atoms with van der Waals surface area (Å²) in [6, 6.07) is 11.9. The molecule has 0 saturated carbocycles. The van der Waals surface area contributed by atoms with E-state index < -0.39 is 11.7 Å². The first-order chi connectivity index (χ1) is 14.9. The van der Waals surface area contributed by atoms with Crippen LogP contribution in [0.5, 0.6) is 0 Å². The van der Waals surface area contributed by atoms with Crippen molar-refractivity contribution in [2.24, 2.45) is 4.99 Å². The van der Waals surface area contributed by atoms with Crippen molar-refractivity contribution in [3.63, 3.8) is 0 Å². The summed E-state index contributed by atoms with van der Waals surface area (Å²) in [5, 5.41) is 10.4. The minimum Gasteiger partial charge on any atom is -0.326 e. The van der Waals surface area contributed by atoms with Gasteiger partial charge in [-0.05, 0) is 56.2 Å². The van der Waals surface area contributed by atoms with Crippen molar-refractivity contribution in [1.82, 2.24) is 15.1 Å². The number of hydrogen-bond acceptors (Lipinski definition) is 3. The molecule has 1 heterocycles. The Morgan fingerprint density at radius 2 is 2.03 bits per heavy atom. The van der Waals surface area contributed by atoms with Gasteiger partial charge in [-0.25, -0.2) is 9.38 Å². The largest absolute Gasteiger partial charge is 0.326 e. The van der Waals surface area contributed by atoms with Crippen LogP contribution in [0.2, 0.25) is 0 Å². The summed E-state index contributed by atoms with van der Waals surface area (Å²) < 4.78 is 16.7. The molecule has 0 aliphatic carbocycles. The predicted octanol–water partition coefficient (Wildman–Crippen LogP) is 5.21. The molecule has 3 aromatic rings. The van der Waals surface area contributed by atoms with Gasteiger partial charge in [0.2, 0.25) is 5.96 Å². The number of guanidine groups is 1. The minimum atomic E-state index is -0.446. The lowest BCUT2D eigenvalue weighted by Gasteiger charge is -2.12. The van der Waals surface area contributed by atoms with Gasteiger partial charge in [-0.1, -0.05) is 35.0 Å². The molecule has 0 aliphatic heterocycles. The van der Waals surface area contributed by atoms with Gasteiger partial charge in [-0.2, -0.15) is 5.10 Å². The molecule has 1 aromatic heterocycles. The monoisotopic (exact) mass is 485 g/mol. The highest BCUT2D eigenvalue weighted by molar-refractivity contribution is 9.10. The van der Waals surface area contributed by atoms with Gasteiger partial charge in [0, 0.05) is 34.0 Å². The summed E-state index contributed by atoms with van der Waals surface area (Å²) in [7, 11) is 0. The zero-order chi connectivity index (χ0) is 22.4. The summed E-state index contributed by atoms with van der Waals surface area (Å²) in [6.45, 7) is 6.86. The molecule has 8 heteroatoms. The van der Waals surface area contributed by atoms with Gasteiger partial charge in [0.1, 0.15) is 5.82 Å². The fourth-order valence-electron chi connectivity index (χ4n) is 2.95. The quantitative estimate of drug-likeness (QED) is 0.371. The van der Waals surface area contributed by atoms with E-state index in [1.54, 1.807) is 19.1 Å². The molecule has 0 saturated heterocycles. The maximum atomic E-state index is 13.9. The summed E-state index contributed by atoms with van der Waals surface area (Å²) in [6.07, 6.45) is 2.96. The number of benzene rings is 2. The van der Waals surface area contributed by atoms with Gasteiger partial charge in [0.25, 0.3) is 5.91 Å². The fraction of sp³-hybridized carbons (Fsp3) is 0.261. The minimum absolute atomic E-state index is 0.221. The lowest BCUT2D eigenvalue weighted by molar-refractivity contribution is 0.0976. The number of carbonyl (C=O) groups is 1. The van der Waals surface area contributed by atoms with Crippen LogP contribution in [0.25, 0.3) is 0 Å². The zero-order valence-corrected chi connectivity index (χ0v) is 19.3. The van der Waals surface area contributed by atoms with Gasteiger partial charge < -0.3 is 5.32 Å². The van der Waals surface area contributed by atoms with E-state index in [1.165, 1.54) is 6.07 Å². The Bertz CT molecular complexity index is 1110. The van der Waals surface area contributed by atoms with Crippen molar-refractivity contribution in [3.05, 3.63) is 81.3 Å². The molecule has 0 aliphatic rings. The number of anilines is 1. The Morgan fingerprint density at radius 3 is 2.74 bits per heavy atom. The molecule has 3 rings (SSSR count). The molecule has 0 bridgehead atoms. The standard InChI is InChI=1S/C23H25BrFN5O/c1-4-10-30-14-18(16(3)29-30)13-26-23(27-20-7-5-6-19(24)12-20)28-22(31)17-9-8-15(2)21(25)11-17/h5-9,11-12,14H,4,10,13H2,1-3H3,(H2,26,27,28,31). The van der Waals surface area contributed by atoms with Crippen molar-refractivity contribution in [2.45, 2.75) is 40.3 Å². The van der Waals surface area contributed by atoms with E-state index in [2.05, 4.69) is 43.6 Å². The normalized spacial score (nSPS) is 11.5. The van der Waals surface area contributed by atoms with E-state index in [1.807, 2.05) is 42.1 Å². The second-order valence-electron chi connectivity index (χ2n) is 7.22. The number of nitrogens with one attached hydrogen (secondary N) is 2. The number of carbonyl (C=O) groups excluding carboxylic acids is 1. The molecule has 0 spiro atoms. The second kappa shape index (κ2) is 10.3. The van der Waals surface area contributed by atoms with Gasteiger partial charge in [0.15, 0.2) is 0 Å². The van der Waals surface area contributed by atoms with Crippen LogP contribution in [-0.2, 0) is 13.1 Å². The lowest BCUT2D eigenvalue weighted by atomic mass is 10.1. The number of aryl methyl sites for hydroxylation is 3. The van der Waals surface area contributed by atoms with Crippen LogP contribution in [-0.4, -0.2) is 21.6 Å². The number of amides is 1. The average molecular weight is 486 g/mol. The maximum Gasteiger partial charge on any atom is 0.258 e. The van der Waals surface area contributed by atoms with E-state index in [-0.39, 0.29) is 11.5 Å². The Kier molecular flexibility index (Phi) is 7.57. The van der Waals surface area contributed by atoms with Crippen LogP contribution in [0.3, 0.4) is 0 Å². The molecule has 2 N–H and O–H groups in total. The van der Waals surface area contributed by atoms with E-state index >= 15 is 0 Å². The van der Waals surface area contributed by atoms with Crippen LogP contribution in [0.1, 0.15) is 40.5 Å². The Labute approximate surface area is 189 Å². The third-order valence-corrected chi connectivity index (χ3v) is 5.15. The van der Waals surface area contributed by atoms with Gasteiger partial charge in [-0.15, -0.1) is 0 Å².